The summed E-state index contributed by atoms with van der Waals surface area (Å²) in [5.41, 5.74) is 6.32. The molecule has 1 aliphatic heterocycles. The monoisotopic (exact) mass is 268 g/mol. The zero-order valence-electron chi connectivity index (χ0n) is 10.9. The zero-order valence-corrected chi connectivity index (χ0v) is 11.6. The van der Waals surface area contributed by atoms with Crippen LogP contribution in [-0.2, 0) is 0 Å². The van der Waals surface area contributed by atoms with Crippen LogP contribution in [0.2, 0.25) is 5.02 Å². The lowest BCUT2D eigenvalue weighted by atomic mass is 9.86. The van der Waals surface area contributed by atoms with Gasteiger partial charge >= 0.3 is 0 Å². The summed E-state index contributed by atoms with van der Waals surface area (Å²) in [5, 5.41) is 0.703. The van der Waals surface area contributed by atoms with E-state index in [0.717, 1.165) is 38.1 Å². The summed E-state index contributed by atoms with van der Waals surface area (Å²) in [6, 6.07) is 7.49. The molecular formula is C14H21ClN2O. The topological polar surface area (TPSA) is 38.5 Å². The maximum Gasteiger partial charge on any atom is 0.120 e. The number of likely N-dealkylation sites (tertiary alicyclic amines) is 1. The van der Waals surface area contributed by atoms with Crippen LogP contribution in [-0.4, -0.2) is 37.2 Å². The van der Waals surface area contributed by atoms with E-state index in [9.17, 15) is 0 Å². The Balaban J connectivity index is 1.78. The first-order chi connectivity index (χ1) is 8.57. The predicted molar refractivity (Wildman–Crippen MR) is 75.2 cm³/mol. The lowest BCUT2D eigenvalue weighted by molar-refractivity contribution is 0.159. The molecule has 0 amide bonds. The second kappa shape index (κ2) is 5.91. The van der Waals surface area contributed by atoms with Gasteiger partial charge in [-0.2, -0.15) is 0 Å². The third-order valence-electron chi connectivity index (χ3n) is 3.65. The average molecular weight is 269 g/mol. The molecule has 0 radical (unpaired) electrons. The Morgan fingerprint density at radius 3 is 2.78 bits per heavy atom. The van der Waals surface area contributed by atoms with Crippen molar-refractivity contribution in [3.05, 3.63) is 29.3 Å². The average Bonchev–Trinajstić information content (AvgIpc) is 2.34. The van der Waals surface area contributed by atoms with Crippen molar-refractivity contribution in [3.8, 4) is 5.75 Å². The highest BCUT2D eigenvalue weighted by Crippen LogP contribution is 2.23. The highest BCUT2D eigenvalue weighted by molar-refractivity contribution is 6.30. The molecule has 2 rings (SSSR count). The summed E-state index contributed by atoms with van der Waals surface area (Å²) >= 11 is 5.91. The standard InChI is InChI=1S/C14H21ClN2O/c1-17-8-5-14(16,6-9-17)7-10-18-13-4-2-3-12(15)11-13/h2-4,11H,5-10,16H2,1H3. The molecule has 2 N–H and O–H groups in total. The Hall–Kier alpha value is -0.770. The van der Waals surface area contributed by atoms with Gasteiger partial charge in [0.15, 0.2) is 0 Å². The van der Waals surface area contributed by atoms with Gasteiger partial charge in [0.25, 0.3) is 0 Å². The Kier molecular flexibility index (Phi) is 4.49. The summed E-state index contributed by atoms with van der Waals surface area (Å²) < 4.78 is 5.70. The number of hydrogen-bond acceptors (Lipinski definition) is 3. The van der Waals surface area contributed by atoms with Crippen molar-refractivity contribution in [3.63, 3.8) is 0 Å². The molecule has 1 aromatic carbocycles. The first kappa shape index (κ1) is 13.7. The molecular weight excluding hydrogens is 248 g/mol. The van der Waals surface area contributed by atoms with Crippen LogP contribution in [0.4, 0.5) is 0 Å². The summed E-state index contributed by atoms with van der Waals surface area (Å²) in [6.45, 7) is 2.81. The highest BCUT2D eigenvalue weighted by Gasteiger charge is 2.29. The SMILES string of the molecule is CN1CCC(N)(CCOc2cccc(Cl)c2)CC1. The van der Waals surface area contributed by atoms with Crippen LogP contribution in [0.5, 0.6) is 5.75 Å². The van der Waals surface area contributed by atoms with Crippen molar-refractivity contribution in [1.29, 1.82) is 0 Å². The van der Waals surface area contributed by atoms with Crippen LogP contribution in [0.25, 0.3) is 0 Å². The fourth-order valence-corrected chi connectivity index (χ4v) is 2.42. The molecule has 0 atom stereocenters. The third-order valence-corrected chi connectivity index (χ3v) is 3.88. The summed E-state index contributed by atoms with van der Waals surface area (Å²) in [5.74, 6) is 0.819. The van der Waals surface area contributed by atoms with Gasteiger partial charge < -0.3 is 15.4 Å². The lowest BCUT2D eigenvalue weighted by Crippen LogP contribution is -2.50. The van der Waals surface area contributed by atoms with Crippen LogP contribution >= 0.6 is 11.6 Å². The lowest BCUT2D eigenvalue weighted by Gasteiger charge is -2.37. The van der Waals surface area contributed by atoms with E-state index in [1.165, 1.54) is 0 Å². The van der Waals surface area contributed by atoms with Crippen molar-refractivity contribution in [1.82, 2.24) is 4.90 Å². The molecule has 1 heterocycles. The zero-order chi connectivity index (χ0) is 13.0. The van der Waals surface area contributed by atoms with Gasteiger partial charge in [0.1, 0.15) is 5.75 Å². The normalized spacial score (nSPS) is 19.7. The first-order valence-electron chi connectivity index (χ1n) is 6.43. The van der Waals surface area contributed by atoms with E-state index >= 15 is 0 Å². The number of halogens is 1. The molecule has 0 bridgehead atoms. The largest absolute Gasteiger partial charge is 0.493 e. The molecule has 0 spiro atoms. The first-order valence-corrected chi connectivity index (χ1v) is 6.81. The van der Waals surface area contributed by atoms with E-state index in [2.05, 4.69) is 11.9 Å². The minimum atomic E-state index is -0.0644. The number of ether oxygens (including phenoxy) is 1. The number of piperidine rings is 1. The van der Waals surface area contributed by atoms with Gasteiger partial charge in [0.2, 0.25) is 0 Å². The molecule has 1 aromatic rings. The molecule has 100 valence electrons. The molecule has 1 fully saturated rings. The Bertz CT molecular complexity index is 389. The van der Waals surface area contributed by atoms with Gasteiger partial charge in [-0.25, -0.2) is 0 Å². The van der Waals surface area contributed by atoms with E-state index in [1.54, 1.807) is 0 Å². The predicted octanol–water partition coefficient (Wildman–Crippen LogP) is 2.53. The smallest absolute Gasteiger partial charge is 0.120 e. The van der Waals surface area contributed by atoms with E-state index in [4.69, 9.17) is 22.1 Å². The molecule has 18 heavy (non-hydrogen) atoms. The Morgan fingerprint density at radius 2 is 2.11 bits per heavy atom. The van der Waals surface area contributed by atoms with Crippen molar-refractivity contribution >= 4 is 11.6 Å². The van der Waals surface area contributed by atoms with E-state index < -0.39 is 0 Å². The molecule has 0 aliphatic carbocycles. The van der Waals surface area contributed by atoms with Gasteiger partial charge in [-0.05, 0) is 57.6 Å². The van der Waals surface area contributed by atoms with Crippen molar-refractivity contribution in [2.75, 3.05) is 26.7 Å². The number of rotatable bonds is 4. The van der Waals surface area contributed by atoms with E-state index in [-0.39, 0.29) is 5.54 Å². The van der Waals surface area contributed by atoms with Gasteiger partial charge in [0, 0.05) is 10.6 Å². The third kappa shape index (κ3) is 3.87. The molecule has 1 saturated heterocycles. The summed E-state index contributed by atoms with van der Waals surface area (Å²) in [7, 11) is 2.14. The van der Waals surface area contributed by atoms with Crippen molar-refractivity contribution in [2.24, 2.45) is 5.73 Å². The minimum absolute atomic E-state index is 0.0644. The van der Waals surface area contributed by atoms with Crippen molar-refractivity contribution in [2.45, 2.75) is 24.8 Å². The summed E-state index contributed by atoms with van der Waals surface area (Å²) in [4.78, 5) is 2.32. The highest BCUT2D eigenvalue weighted by atomic mass is 35.5. The van der Waals surface area contributed by atoms with Crippen molar-refractivity contribution < 1.29 is 4.74 Å². The van der Waals surface area contributed by atoms with Crippen LogP contribution in [0.1, 0.15) is 19.3 Å². The molecule has 4 heteroatoms. The second-order valence-electron chi connectivity index (χ2n) is 5.22. The maximum atomic E-state index is 6.38. The second-order valence-corrected chi connectivity index (χ2v) is 5.66. The van der Waals surface area contributed by atoms with E-state index in [0.29, 0.717) is 11.6 Å². The van der Waals surface area contributed by atoms with Crippen LogP contribution in [0.3, 0.4) is 0 Å². The molecule has 1 aliphatic rings. The molecule has 0 saturated carbocycles. The fraction of sp³-hybridized carbons (Fsp3) is 0.571. The quantitative estimate of drug-likeness (QED) is 0.912. The fourth-order valence-electron chi connectivity index (χ4n) is 2.24. The maximum absolute atomic E-state index is 6.38. The molecule has 3 nitrogen and oxygen atoms in total. The van der Waals surface area contributed by atoms with Crippen LogP contribution in [0.15, 0.2) is 24.3 Å². The number of nitrogens with two attached hydrogens (primary N) is 1. The van der Waals surface area contributed by atoms with Crippen LogP contribution < -0.4 is 10.5 Å². The van der Waals surface area contributed by atoms with E-state index in [1.807, 2.05) is 24.3 Å². The number of nitrogens with zero attached hydrogens (tertiary/aromatic N) is 1. The minimum Gasteiger partial charge on any atom is -0.493 e. The number of benzene rings is 1. The Labute approximate surface area is 114 Å². The Morgan fingerprint density at radius 1 is 1.39 bits per heavy atom. The molecule has 0 aromatic heterocycles. The van der Waals surface area contributed by atoms with Gasteiger partial charge in [0.05, 0.1) is 6.61 Å². The van der Waals surface area contributed by atoms with Crippen LogP contribution in [0, 0.1) is 0 Å². The number of hydrogen-bond donors (Lipinski definition) is 1. The molecule has 0 unspecified atom stereocenters. The van der Waals surface area contributed by atoms with Gasteiger partial charge in [-0.15, -0.1) is 0 Å². The van der Waals surface area contributed by atoms with Gasteiger partial charge in [-0.3, -0.25) is 0 Å². The van der Waals surface area contributed by atoms with Gasteiger partial charge in [-0.1, -0.05) is 17.7 Å². The summed E-state index contributed by atoms with van der Waals surface area (Å²) in [6.07, 6.45) is 2.98.